The first-order valence-corrected chi connectivity index (χ1v) is 25.4. The van der Waals surface area contributed by atoms with Crippen molar-refractivity contribution in [1.29, 1.82) is 0 Å². The van der Waals surface area contributed by atoms with E-state index in [0.29, 0.717) is 6.67 Å². The highest BCUT2D eigenvalue weighted by Crippen LogP contribution is 2.49. The summed E-state index contributed by atoms with van der Waals surface area (Å²) in [6.45, 7) is 30.4. The van der Waals surface area contributed by atoms with Gasteiger partial charge in [-0.2, -0.15) is 0 Å². The molecule has 9 aromatic rings. The summed E-state index contributed by atoms with van der Waals surface area (Å²) in [6, 6.07) is 62.6. The summed E-state index contributed by atoms with van der Waals surface area (Å²) < 4.78 is 9.41. The molecule has 1 aliphatic rings. The molecule has 71 heavy (non-hydrogen) atoms. The lowest BCUT2D eigenvalue weighted by atomic mass is 9.77. The van der Waals surface area contributed by atoms with Crippen molar-refractivity contribution in [3.8, 4) is 17.3 Å². The van der Waals surface area contributed by atoms with Crippen molar-refractivity contribution in [3.05, 3.63) is 215 Å². The van der Waals surface area contributed by atoms with E-state index in [0.717, 1.165) is 45.4 Å². The second-order valence-corrected chi connectivity index (χ2v) is 24.0. The molecule has 0 bridgehead atoms. The van der Waals surface area contributed by atoms with Gasteiger partial charge >= 0.3 is 0 Å². The Balaban J connectivity index is 1.09. The van der Waals surface area contributed by atoms with Crippen molar-refractivity contribution in [3.63, 3.8) is 0 Å². The maximum absolute atomic E-state index is 7.10. The molecule has 0 spiro atoms. The second kappa shape index (κ2) is 17.3. The largest absolute Gasteiger partial charge is 0.457 e. The van der Waals surface area contributed by atoms with Gasteiger partial charge in [-0.15, -0.1) is 0 Å². The maximum Gasteiger partial charge on any atom is 0.137 e. The van der Waals surface area contributed by atoms with Crippen LogP contribution in [0.4, 0.5) is 22.7 Å². The van der Waals surface area contributed by atoms with Crippen molar-refractivity contribution < 1.29 is 4.74 Å². The summed E-state index contributed by atoms with van der Waals surface area (Å²) in [5.41, 5.74) is 15.1. The average Bonchev–Trinajstić information content (AvgIpc) is 3.89. The molecule has 0 fully saturated rings. The highest BCUT2D eigenvalue weighted by atomic mass is 16.5. The Morgan fingerprint density at radius 1 is 0.380 bits per heavy atom. The molecule has 3 heterocycles. The number of benzene rings is 7. The minimum atomic E-state index is -0.215. The van der Waals surface area contributed by atoms with Gasteiger partial charge in [-0.05, 0) is 128 Å². The number of ether oxygens (including phenoxy) is 1. The van der Waals surface area contributed by atoms with Crippen molar-refractivity contribution in [2.45, 2.75) is 117 Å². The molecule has 0 radical (unpaired) electrons. The number of fused-ring (bicyclic) bond motifs is 4. The van der Waals surface area contributed by atoms with Crippen LogP contribution in [0.2, 0.25) is 0 Å². The van der Waals surface area contributed by atoms with E-state index in [-0.39, 0.29) is 27.1 Å². The molecule has 10 rings (SSSR count). The molecule has 0 aliphatic carbocycles. The Kier molecular flexibility index (Phi) is 11.6. The fourth-order valence-electron chi connectivity index (χ4n) is 10.3. The van der Waals surface area contributed by atoms with Crippen LogP contribution in [-0.2, 0) is 27.1 Å². The summed E-state index contributed by atoms with van der Waals surface area (Å²) in [7, 11) is 0. The van der Waals surface area contributed by atoms with Crippen LogP contribution in [-0.4, -0.2) is 16.2 Å². The minimum absolute atomic E-state index is 0.00307. The van der Waals surface area contributed by atoms with E-state index >= 15 is 0 Å². The smallest absolute Gasteiger partial charge is 0.137 e. The van der Waals surface area contributed by atoms with Crippen molar-refractivity contribution in [2.75, 3.05) is 16.5 Å². The monoisotopic (exact) mass is 935 g/mol. The first-order valence-electron chi connectivity index (χ1n) is 25.4. The van der Waals surface area contributed by atoms with Crippen molar-refractivity contribution in [2.24, 2.45) is 0 Å². The molecule has 0 amide bonds. The van der Waals surface area contributed by atoms with Crippen LogP contribution in [0.25, 0.3) is 27.6 Å². The maximum atomic E-state index is 7.10. The van der Waals surface area contributed by atoms with Gasteiger partial charge in [0.05, 0.1) is 22.4 Å². The number of pyridine rings is 1. The molecule has 0 unspecified atom stereocenters. The Morgan fingerprint density at radius 3 is 1.61 bits per heavy atom. The molecular formula is C66H70N4O. The van der Waals surface area contributed by atoms with Crippen LogP contribution in [0.5, 0.6) is 11.5 Å². The van der Waals surface area contributed by atoms with Crippen LogP contribution < -0.4 is 14.5 Å². The quantitative estimate of drug-likeness (QED) is 0.144. The van der Waals surface area contributed by atoms with Gasteiger partial charge in [0.15, 0.2) is 0 Å². The Labute approximate surface area is 422 Å². The van der Waals surface area contributed by atoms with Gasteiger partial charge < -0.3 is 14.5 Å². The molecule has 0 saturated heterocycles. The Hall–Kier alpha value is -7.11. The van der Waals surface area contributed by atoms with Gasteiger partial charge in [-0.3, -0.25) is 4.57 Å². The second-order valence-electron chi connectivity index (χ2n) is 24.0. The van der Waals surface area contributed by atoms with Crippen LogP contribution in [0, 0.1) is 0 Å². The lowest BCUT2D eigenvalue weighted by Gasteiger charge is -2.29. The molecule has 5 heteroatoms. The molecule has 1 aliphatic heterocycles. The number of nitrogens with zero attached hydrogens (tertiary/aromatic N) is 4. The summed E-state index contributed by atoms with van der Waals surface area (Å²) in [6.07, 6.45) is 1.95. The lowest BCUT2D eigenvalue weighted by molar-refractivity contribution is 0.479. The van der Waals surface area contributed by atoms with E-state index in [9.17, 15) is 0 Å². The predicted molar refractivity (Wildman–Crippen MR) is 300 cm³/mol. The predicted octanol–water partition coefficient (Wildman–Crippen LogP) is 17.8. The van der Waals surface area contributed by atoms with Gasteiger partial charge in [0.1, 0.15) is 24.0 Å². The fourth-order valence-corrected chi connectivity index (χ4v) is 10.3. The number of anilines is 4. The van der Waals surface area contributed by atoms with Crippen molar-refractivity contribution in [1.82, 2.24) is 9.55 Å². The summed E-state index contributed by atoms with van der Waals surface area (Å²) >= 11 is 0. The first kappa shape index (κ1) is 47.6. The van der Waals surface area contributed by atoms with Crippen LogP contribution in [0.3, 0.4) is 0 Å². The SMILES string of the molecule is CC(C)(C)c1cc(Oc2ccc3c4cc(C(C)(C)C)ccc4n(-c4cc(C(C)(C)C)ccn4)c3c2)cc(N2CN(c3cccc(C(C)(C)c4ccccc4)c3)c3cc(C(C)(C)c4ccccc4)ccc32)c1. The lowest BCUT2D eigenvalue weighted by Crippen LogP contribution is -2.25. The Bertz CT molecular complexity index is 3430. The molecular weight excluding hydrogens is 865 g/mol. The van der Waals surface area contributed by atoms with E-state index in [1.807, 2.05) is 6.20 Å². The molecule has 0 atom stereocenters. The molecule has 360 valence electrons. The zero-order chi connectivity index (χ0) is 50.3. The third-order valence-corrected chi connectivity index (χ3v) is 15.2. The highest BCUT2D eigenvalue weighted by Gasteiger charge is 2.34. The molecule has 5 nitrogen and oxygen atoms in total. The zero-order valence-corrected chi connectivity index (χ0v) is 44.1. The van der Waals surface area contributed by atoms with E-state index in [4.69, 9.17) is 9.72 Å². The molecule has 2 aromatic heterocycles. The summed E-state index contributed by atoms with van der Waals surface area (Å²) in [5, 5.41) is 2.38. The van der Waals surface area contributed by atoms with Gasteiger partial charge in [-0.25, -0.2) is 4.98 Å². The number of hydrogen-bond donors (Lipinski definition) is 0. The first-order chi connectivity index (χ1) is 33.6. The number of aromatic nitrogens is 2. The van der Waals surface area contributed by atoms with E-state index in [2.05, 4.69) is 274 Å². The van der Waals surface area contributed by atoms with Gasteiger partial charge in [0.2, 0.25) is 0 Å². The summed E-state index contributed by atoms with van der Waals surface area (Å²) in [5.74, 6) is 2.47. The Morgan fingerprint density at radius 2 is 0.958 bits per heavy atom. The third-order valence-electron chi connectivity index (χ3n) is 15.2. The summed E-state index contributed by atoms with van der Waals surface area (Å²) in [4.78, 5) is 9.96. The normalized spacial score (nSPS) is 13.6. The highest BCUT2D eigenvalue weighted by molar-refractivity contribution is 6.10. The fraction of sp³-hybridized carbons (Fsp3) is 0.288. The molecule has 0 N–H and O–H groups in total. The topological polar surface area (TPSA) is 33.5 Å². The van der Waals surface area contributed by atoms with Crippen LogP contribution in [0.1, 0.15) is 129 Å². The average molecular weight is 935 g/mol. The van der Waals surface area contributed by atoms with E-state index in [1.54, 1.807) is 0 Å². The van der Waals surface area contributed by atoms with Crippen LogP contribution in [0.15, 0.2) is 176 Å². The van der Waals surface area contributed by atoms with Gasteiger partial charge in [-0.1, -0.05) is 175 Å². The third kappa shape index (κ3) is 8.90. The van der Waals surface area contributed by atoms with Crippen LogP contribution >= 0.6 is 0 Å². The molecule has 0 saturated carbocycles. The number of hydrogen-bond acceptors (Lipinski definition) is 4. The van der Waals surface area contributed by atoms with Gasteiger partial charge in [0, 0.05) is 51.3 Å². The van der Waals surface area contributed by atoms with Crippen molar-refractivity contribution >= 4 is 44.6 Å². The molecule has 7 aromatic carbocycles. The zero-order valence-electron chi connectivity index (χ0n) is 44.1. The van der Waals surface area contributed by atoms with Gasteiger partial charge in [0.25, 0.3) is 0 Å². The van der Waals surface area contributed by atoms with E-state index in [1.165, 1.54) is 55.4 Å². The van der Waals surface area contributed by atoms with E-state index < -0.39 is 0 Å². The standard InChI is InChI=1S/C66H70N4O/c1-62(2,3)46-27-31-57-56(38-46)55-30-29-53(42-59(55)70(57)61-40-47(33-34-67-61)63(4,5)6)71-54-37-50(64(7,8)9)36-52(41-54)69-43-68(51-26-20-25-48(35-51)65(10,11)44-21-16-14-17-22-44)60-39-49(28-32-58(60)69)66(12,13)45-23-18-15-19-24-45/h14-42H,43H2,1-13H3. The minimum Gasteiger partial charge on any atom is -0.457 e. The number of rotatable bonds is 9.